The minimum atomic E-state index is 0.515. The molecule has 0 bridgehead atoms. The Balaban J connectivity index is 1.06. The van der Waals surface area contributed by atoms with E-state index in [4.69, 9.17) is 0 Å². The number of rotatable bonds is 14. The predicted octanol–water partition coefficient (Wildman–Crippen LogP) is 6.05. The Morgan fingerprint density at radius 2 is 1.18 bits per heavy atom. The van der Waals surface area contributed by atoms with E-state index >= 15 is 0 Å². The Morgan fingerprint density at radius 3 is 1.86 bits per heavy atom. The molecular formula is C44H57N5. The molecule has 258 valence electrons. The molecule has 0 aliphatic carbocycles. The summed E-state index contributed by atoms with van der Waals surface area (Å²) < 4.78 is 0. The zero-order valence-corrected chi connectivity index (χ0v) is 29.5. The molecule has 3 aliphatic heterocycles. The van der Waals surface area contributed by atoms with Crippen molar-refractivity contribution >= 4 is 0 Å². The van der Waals surface area contributed by atoms with Crippen LogP contribution in [0.5, 0.6) is 0 Å². The number of nitrogens with zero attached hydrogens (tertiary/aromatic N) is 4. The van der Waals surface area contributed by atoms with Crippen LogP contribution in [0.25, 0.3) is 0 Å². The van der Waals surface area contributed by atoms with Crippen LogP contribution in [0.3, 0.4) is 0 Å². The maximum atomic E-state index is 3.70. The Labute approximate surface area is 295 Å². The Hall–Kier alpha value is -3.32. The van der Waals surface area contributed by atoms with Crippen LogP contribution >= 0.6 is 0 Å². The molecule has 4 atom stereocenters. The summed E-state index contributed by atoms with van der Waals surface area (Å²) in [7, 11) is 0. The number of benzene rings is 4. The number of hydrogen-bond acceptors (Lipinski definition) is 5. The largest absolute Gasteiger partial charge is 0.314 e. The van der Waals surface area contributed by atoms with E-state index < -0.39 is 0 Å². The van der Waals surface area contributed by atoms with E-state index in [0.29, 0.717) is 24.2 Å². The maximum absolute atomic E-state index is 3.70. The highest BCUT2D eigenvalue weighted by Crippen LogP contribution is 2.25. The van der Waals surface area contributed by atoms with E-state index in [1.807, 2.05) is 0 Å². The van der Waals surface area contributed by atoms with E-state index in [0.717, 1.165) is 78.0 Å². The Morgan fingerprint density at radius 1 is 0.571 bits per heavy atom. The minimum Gasteiger partial charge on any atom is -0.314 e. The van der Waals surface area contributed by atoms with Crippen molar-refractivity contribution in [3.05, 3.63) is 144 Å². The van der Waals surface area contributed by atoms with Crippen LogP contribution in [-0.4, -0.2) is 109 Å². The fourth-order valence-corrected chi connectivity index (χ4v) is 8.75. The molecule has 1 unspecified atom stereocenters. The van der Waals surface area contributed by atoms with Gasteiger partial charge in [0.05, 0.1) is 0 Å². The lowest BCUT2D eigenvalue weighted by atomic mass is 9.97. The lowest BCUT2D eigenvalue weighted by molar-refractivity contribution is 0.0299. The molecule has 49 heavy (non-hydrogen) atoms. The van der Waals surface area contributed by atoms with Gasteiger partial charge in [0, 0.05) is 83.1 Å². The summed E-state index contributed by atoms with van der Waals surface area (Å²) in [6, 6.07) is 46.9. The molecule has 5 heteroatoms. The van der Waals surface area contributed by atoms with Crippen molar-refractivity contribution in [2.75, 3.05) is 65.4 Å². The number of piperazine rings is 2. The second-order valence-corrected chi connectivity index (χ2v) is 14.8. The molecule has 4 aromatic rings. The third kappa shape index (κ3) is 9.68. The van der Waals surface area contributed by atoms with Gasteiger partial charge in [0.25, 0.3) is 0 Å². The van der Waals surface area contributed by atoms with Gasteiger partial charge in [-0.25, -0.2) is 0 Å². The molecule has 0 spiro atoms. The summed E-state index contributed by atoms with van der Waals surface area (Å²) in [6.07, 6.45) is 7.13. The topological polar surface area (TPSA) is 25.0 Å². The van der Waals surface area contributed by atoms with Gasteiger partial charge in [0.15, 0.2) is 0 Å². The van der Waals surface area contributed by atoms with Crippen LogP contribution in [0.4, 0.5) is 0 Å². The van der Waals surface area contributed by atoms with Gasteiger partial charge in [-0.3, -0.25) is 19.6 Å². The molecule has 3 aliphatic rings. The monoisotopic (exact) mass is 655 g/mol. The first-order valence-electron chi connectivity index (χ1n) is 19.1. The van der Waals surface area contributed by atoms with Crippen LogP contribution < -0.4 is 5.32 Å². The van der Waals surface area contributed by atoms with Gasteiger partial charge >= 0.3 is 0 Å². The fourth-order valence-electron chi connectivity index (χ4n) is 8.75. The van der Waals surface area contributed by atoms with Gasteiger partial charge in [0.1, 0.15) is 0 Å². The fraction of sp³-hybridized carbons (Fsp3) is 0.455. The zero-order valence-electron chi connectivity index (χ0n) is 29.5. The standard InChI is InChI=1S/C44H57N5/c1-5-14-37(15-6-1)23-26-46-28-29-49(35-43(46)31-39-18-9-3-10-19-39)44(32-40-20-11-4-12-21-40)36-47-25-13-22-41(47)34-48-27-24-45-33-42(48)30-38-16-7-2-8-17-38/h1-12,14-21,41-45H,13,22-36H2/t41?,42-,43+,44-/m0/s1. The van der Waals surface area contributed by atoms with Crippen molar-refractivity contribution in [3.8, 4) is 0 Å². The second-order valence-electron chi connectivity index (χ2n) is 14.8. The first kappa shape index (κ1) is 34.1. The Kier molecular flexibility index (Phi) is 12.2. The van der Waals surface area contributed by atoms with Crippen LogP contribution in [0, 0.1) is 0 Å². The molecule has 3 saturated heterocycles. The highest BCUT2D eigenvalue weighted by molar-refractivity contribution is 5.20. The first-order valence-corrected chi connectivity index (χ1v) is 19.1. The molecule has 1 N–H and O–H groups in total. The normalized spacial score (nSPS) is 23.5. The summed E-state index contributed by atoms with van der Waals surface area (Å²) in [5.41, 5.74) is 5.83. The minimum absolute atomic E-state index is 0.515. The average molecular weight is 656 g/mol. The predicted molar refractivity (Wildman–Crippen MR) is 204 cm³/mol. The van der Waals surface area contributed by atoms with Crippen molar-refractivity contribution in [2.24, 2.45) is 0 Å². The molecule has 3 fully saturated rings. The quantitative estimate of drug-likeness (QED) is 0.179. The van der Waals surface area contributed by atoms with Crippen LogP contribution in [0.2, 0.25) is 0 Å². The zero-order chi connectivity index (χ0) is 33.1. The highest BCUT2D eigenvalue weighted by atomic mass is 15.3. The van der Waals surface area contributed by atoms with Gasteiger partial charge in [-0.05, 0) is 67.3 Å². The van der Waals surface area contributed by atoms with Gasteiger partial charge < -0.3 is 5.32 Å². The summed E-state index contributed by atoms with van der Waals surface area (Å²) in [6.45, 7) is 11.5. The summed E-state index contributed by atoms with van der Waals surface area (Å²) in [5.74, 6) is 0. The third-order valence-electron chi connectivity index (χ3n) is 11.5. The van der Waals surface area contributed by atoms with E-state index in [2.05, 4.69) is 146 Å². The summed E-state index contributed by atoms with van der Waals surface area (Å²) in [4.78, 5) is 11.4. The van der Waals surface area contributed by atoms with Crippen molar-refractivity contribution in [2.45, 2.75) is 62.7 Å². The van der Waals surface area contributed by atoms with Crippen molar-refractivity contribution in [3.63, 3.8) is 0 Å². The van der Waals surface area contributed by atoms with E-state index in [1.54, 1.807) is 0 Å². The number of nitrogens with one attached hydrogen (secondary N) is 1. The molecule has 0 aromatic heterocycles. The molecule has 0 amide bonds. The SMILES string of the molecule is c1ccc(CCN2CCN([C@@H](Cc3ccccc3)CN3CCCC3CN3CCNC[C@@H]3Cc3ccccc3)C[C@H]2Cc2ccccc2)cc1. The van der Waals surface area contributed by atoms with Gasteiger partial charge in [-0.1, -0.05) is 121 Å². The molecule has 0 saturated carbocycles. The van der Waals surface area contributed by atoms with Crippen LogP contribution in [0.1, 0.15) is 35.1 Å². The van der Waals surface area contributed by atoms with E-state index in [1.165, 1.54) is 48.2 Å². The number of likely N-dealkylation sites (tertiary alicyclic amines) is 1. The summed E-state index contributed by atoms with van der Waals surface area (Å²) in [5, 5.41) is 3.70. The smallest absolute Gasteiger partial charge is 0.0264 e. The van der Waals surface area contributed by atoms with E-state index in [9.17, 15) is 0 Å². The molecule has 7 rings (SSSR count). The lowest BCUT2D eigenvalue weighted by Crippen LogP contribution is -2.60. The van der Waals surface area contributed by atoms with Gasteiger partial charge in [0.2, 0.25) is 0 Å². The van der Waals surface area contributed by atoms with Crippen LogP contribution in [-0.2, 0) is 25.7 Å². The van der Waals surface area contributed by atoms with Crippen molar-refractivity contribution in [1.29, 1.82) is 0 Å². The van der Waals surface area contributed by atoms with Crippen LogP contribution in [0.15, 0.2) is 121 Å². The molecular weight excluding hydrogens is 599 g/mol. The van der Waals surface area contributed by atoms with E-state index in [-0.39, 0.29) is 0 Å². The second kappa shape index (κ2) is 17.6. The molecule has 4 aromatic carbocycles. The van der Waals surface area contributed by atoms with Crippen molar-refractivity contribution < 1.29 is 0 Å². The maximum Gasteiger partial charge on any atom is 0.0264 e. The highest BCUT2D eigenvalue weighted by Gasteiger charge is 2.35. The van der Waals surface area contributed by atoms with Gasteiger partial charge in [-0.15, -0.1) is 0 Å². The lowest BCUT2D eigenvalue weighted by Gasteiger charge is -2.46. The van der Waals surface area contributed by atoms with Gasteiger partial charge in [-0.2, -0.15) is 0 Å². The molecule has 5 nitrogen and oxygen atoms in total. The molecule has 3 heterocycles. The Bertz CT molecular complexity index is 1500. The summed E-state index contributed by atoms with van der Waals surface area (Å²) >= 11 is 0. The number of hydrogen-bond donors (Lipinski definition) is 1. The average Bonchev–Trinajstić information content (AvgIpc) is 3.59. The third-order valence-corrected chi connectivity index (χ3v) is 11.5. The first-order chi connectivity index (χ1) is 24.3. The molecule has 0 radical (unpaired) electrons. The van der Waals surface area contributed by atoms with Crippen molar-refractivity contribution in [1.82, 2.24) is 24.9 Å².